The second-order valence-electron chi connectivity index (χ2n) is 7.89. The lowest BCUT2D eigenvalue weighted by Gasteiger charge is -2.27. The van der Waals surface area contributed by atoms with Gasteiger partial charge in [-0.2, -0.15) is 0 Å². The van der Waals surface area contributed by atoms with Crippen LogP contribution in [0.25, 0.3) is 0 Å². The molecule has 0 aromatic carbocycles. The molecule has 2 amide bonds. The first-order valence-corrected chi connectivity index (χ1v) is 8.77. The Bertz CT molecular complexity index is 635. The monoisotopic (exact) mass is 382 g/mol. The average molecular weight is 382 g/mol. The number of hydrogen-bond donors (Lipinski definition) is 3. The number of methoxy groups -OCH3 is 1. The zero-order valence-electron chi connectivity index (χ0n) is 16.8. The molecule has 0 aliphatic heterocycles. The Kier molecular flexibility index (Phi) is 7.81. The van der Waals surface area contributed by atoms with E-state index in [2.05, 4.69) is 20.6 Å². The summed E-state index contributed by atoms with van der Waals surface area (Å²) in [5, 5.41) is 5.35. The maximum absolute atomic E-state index is 12.6. The molecule has 1 rings (SSSR count). The summed E-state index contributed by atoms with van der Waals surface area (Å²) in [6.07, 6.45) is 3.15. The fraction of sp³-hybridized carbons (Fsp3) is 0.667. The summed E-state index contributed by atoms with van der Waals surface area (Å²) >= 11 is 0. The third kappa shape index (κ3) is 8.10. The maximum Gasteiger partial charge on any atom is 0.407 e. The molecule has 0 aliphatic rings. The van der Waals surface area contributed by atoms with E-state index in [-0.39, 0.29) is 18.9 Å². The van der Waals surface area contributed by atoms with Gasteiger partial charge in [-0.15, -0.1) is 0 Å². The van der Waals surface area contributed by atoms with Gasteiger partial charge < -0.3 is 25.1 Å². The second-order valence-corrected chi connectivity index (χ2v) is 7.89. The Hall–Kier alpha value is -2.58. The summed E-state index contributed by atoms with van der Waals surface area (Å²) in [7, 11) is 1.27. The van der Waals surface area contributed by atoms with Crippen LogP contribution in [0.4, 0.5) is 4.79 Å². The van der Waals surface area contributed by atoms with Gasteiger partial charge in [0.2, 0.25) is 5.91 Å². The lowest BCUT2D eigenvalue weighted by molar-refractivity contribution is -0.146. The summed E-state index contributed by atoms with van der Waals surface area (Å²) in [4.78, 5) is 43.1. The first-order chi connectivity index (χ1) is 12.4. The van der Waals surface area contributed by atoms with Gasteiger partial charge >= 0.3 is 12.1 Å². The van der Waals surface area contributed by atoms with Crippen molar-refractivity contribution in [3.05, 3.63) is 18.2 Å². The van der Waals surface area contributed by atoms with E-state index in [4.69, 9.17) is 9.47 Å². The molecular formula is C18H30N4O5. The maximum atomic E-state index is 12.6. The molecule has 0 saturated carbocycles. The van der Waals surface area contributed by atoms with E-state index in [1.807, 2.05) is 0 Å². The number of hydrogen-bond acceptors (Lipinski definition) is 6. The van der Waals surface area contributed by atoms with Crippen LogP contribution in [-0.4, -0.2) is 53.2 Å². The van der Waals surface area contributed by atoms with Crippen LogP contribution in [0, 0.1) is 5.41 Å². The van der Waals surface area contributed by atoms with E-state index in [1.54, 1.807) is 40.8 Å². The molecule has 3 N–H and O–H groups in total. The number of aromatic nitrogens is 2. The molecule has 1 aromatic heterocycles. The van der Waals surface area contributed by atoms with Gasteiger partial charge in [0, 0.05) is 30.3 Å². The molecule has 0 spiro atoms. The van der Waals surface area contributed by atoms with Gasteiger partial charge in [0.15, 0.2) is 0 Å². The summed E-state index contributed by atoms with van der Waals surface area (Å²) in [6.45, 7) is 9.07. The van der Waals surface area contributed by atoms with Gasteiger partial charge in [0.25, 0.3) is 0 Å². The van der Waals surface area contributed by atoms with E-state index in [0.717, 1.165) is 0 Å². The minimum Gasteiger partial charge on any atom is -0.467 e. The number of ether oxygens (including phenoxy) is 2. The number of esters is 1. The third-order valence-corrected chi connectivity index (χ3v) is 3.80. The van der Waals surface area contributed by atoms with Crippen molar-refractivity contribution in [2.45, 2.75) is 59.1 Å². The van der Waals surface area contributed by atoms with Gasteiger partial charge in [-0.3, -0.25) is 4.79 Å². The molecule has 9 nitrogen and oxygen atoms in total. The predicted molar refractivity (Wildman–Crippen MR) is 98.9 cm³/mol. The first-order valence-electron chi connectivity index (χ1n) is 8.77. The third-order valence-electron chi connectivity index (χ3n) is 3.80. The molecule has 0 saturated heterocycles. The van der Waals surface area contributed by atoms with Crippen LogP contribution in [0.1, 0.15) is 46.7 Å². The minimum atomic E-state index is -0.832. The van der Waals surface area contributed by atoms with Crippen LogP contribution in [0.5, 0.6) is 0 Å². The second kappa shape index (κ2) is 9.38. The van der Waals surface area contributed by atoms with Crippen LogP contribution in [0.2, 0.25) is 0 Å². The smallest absolute Gasteiger partial charge is 0.407 e. The highest BCUT2D eigenvalue weighted by molar-refractivity contribution is 5.87. The van der Waals surface area contributed by atoms with Gasteiger partial charge in [-0.05, 0) is 27.2 Å². The number of nitrogens with zero attached hydrogens (tertiary/aromatic N) is 1. The molecule has 1 heterocycles. The molecule has 0 unspecified atom stereocenters. The quantitative estimate of drug-likeness (QED) is 0.586. The Balaban J connectivity index is 2.59. The van der Waals surface area contributed by atoms with E-state index >= 15 is 0 Å². The van der Waals surface area contributed by atoms with Crippen LogP contribution >= 0.6 is 0 Å². The van der Waals surface area contributed by atoms with Crippen molar-refractivity contribution in [1.29, 1.82) is 0 Å². The number of H-pyrrole nitrogens is 1. The topological polar surface area (TPSA) is 122 Å². The van der Waals surface area contributed by atoms with Crippen LogP contribution in [-0.2, 0) is 25.5 Å². The lowest BCUT2D eigenvalue weighted by Crippen LogP contribution is -2.49. The SMILES string of the molecule is COC(=O)[C@H](Cc1cnc[nH]1)NC(=O)C(C)(C)CCNC(=O)OC(C)(C)C. The Morgan fingerprint density at radius 3 is 2.41 bits per heavy atom. The minimum absolute atomic E-state index is 0.241. The highest BCUT2D eigenvalue weighted by Crippen LogP contribution is 2.20. The first kappa shape index (κ1) is 22.5. The Morgan fingerprint density at radius 1 is 1.22 bits per heavy atom. The predicted octanol–water partition coefficient (Wildman–Crippen LogP) is 1.55. The molecule has 0 aliphatic carbocycles. The largest absolute Gasteiger partial charge is 0.467 e. The van der Waals surface area contributed by atoms with E-state index in [9.17, 15) is 14.4 Å². The van der Waals surface area contributed by atoms with E-state index < -0.39 is 29.1 Å². The van der Waals surface area contributed by atoms with Crippen molar-refractivity contribution >= 4 is 18.0 Å². The van der Waals surface area contributed by atoms with Crippen molar-refractivity contribution in [3.8, 4) is 0 Å². The number of amides is 2. The van der Waals surface area contributed by atoms with Crippen LogP contribution in [0.15, 0.2) is 12.5 Å². The molecule has 27 heavy (non-hydrogen) atoms. The summed E-state index contributed by atoms with van der Waals surface area (Å²) in [5.74, 6) is -0.857. The van der Waals surface area contributed by atoms with Crippen LogP contribution in [0.3, 0.4) is 0 Å². The van der Waals surface area contributed by atoms with Crippen molar-refractivity contribution < 1.29 is 23.9 Å². The molecule has 1 atom stereocenters. The zero-order chi connectivity index (χ0) is 20.7. The number of rotatable bonds is 8. The highest BCUT2D eigenvalue weighted by Gasteiger charge is 2.32. The summed E-state index contributed by atoms with van der Waals surface area (Å²) < 4.78 is 9.93. The Labute approximate surface area is 159 Å². The number of imidazole rings is 1. The van der Waals surface area contributed by atoms with Gasteiger partial charge in [0.05, 0.1) is 13.4 Å². The standard InChI is InChI=1S/C18H30N4O5/c1-17(2,3)27-16(25)20-8-7-18(4,5)15(24)22-13(14(23)26-6)9-12-10-19-11-21-12/h10-11,13H,7-9H2,1-6H3,(H,19,21)(H,20,25)(H,22,24)/t13-/m0/s1. The van der Waals surface area contributed by atoms with Crippen molar-refractivity contribution in [2.75, 3.05) is 13.7 Å². The molecule has 0 radical (unpaired) electrons. The van der Waals surface area contributed by atoms with E-state index in [1.165, 1.54) is 13.4 Å². The number of alkyl carbamates (subject to hydrolysis) is 1. The average Bonchev–Trinajstić information content (AvgIpc) is 3.04. The van der Waals surface area contributed by atoms with E-state index in [0.29, 0.717) is 12.1 Å². The van der Waals surface area contributed by atoms with Crippen molar-refractivity contribution in [2.24, 2.45) is 5.41 Å². The number of nitrogens with one attached hydrogen (secondary N) is 3. The molecule has 9 heteroatoms. The van der Waals surface area contributed by atoms with Gasteiger partial charge in [-0.1, -0.05) is 13.8 Å². The summed E-state index contributed by atoms with van der Waals surface area (Å²) in [5.41, 5.74) is -0.692. The van der Waals surface area contributed by atoms with Gasteiger partial charge in [-0.25, -0.2) is 14.6 Å². The molecular weight excluding hydrogens is 352 g/mol. The van der Waals surface area contributed by atoms with Crippen molar-refractivity contribution in [3.63, 3.8) is 0 Å². The fourth-order valence-electron chi connectivity index (χ4n) is 2.21. The van der Waals surface area contributed by atoms with Crippen molar-refractivity contribution in [1.82, 2.24) is 20.6 Å². The lowest BCUT2D eigenvalue weighted by atomic mass is 9.87. The van der Waals surface area contributed by atoms with Gasteiger partial charge in [0.1, 0.15) is 11.6 Å². The zero-order valence-corrected chi connectivity index (χ0v) is 16.8. The molecule has 152 valence electrons. The number of carbonyl (C=O) groups excluding carboxylic acids is 3. The van der Waals surface area contributed by atoms with Crippen LogP contribution < -0.4 is 10.6 Å². The molecule has 0 fully saturated rings. The normalized spacial score (nSPS) is 12.8. The Morgan fingerprint density at radius 2 is 1.89 bits per heavy atom. The molecule has 0 bridgehead atoms. The summed E-state index contributed by atoms with van der Waals surface area (Å²) in [6, 6.07) is -0.832. The molecule has 1 aromatic rings. The number of carbonyl (C=O) groups is 3. The fourth-order valence-corrected chi connectivity index (χ4v) is 2.21. The number of aromatic amines is 1. The highest BCUT2D eigenvalue weighted by atomic mass is 16.6.